The van der Waals surface area contributed by atoms with Gasteiger partial charge in [0.2, 0.25) is 5.91 Å². The molecule has 0 aliphatic carbocycles. The van der Waals surface area contributed by atoms with Crippen molar-refractivity contribution < 1.29 is 14.3 Å². The fraction of sp³-hybridized carbons (Fsp3) is 0.304. The van der Waals surface area contributed by atoms with Crippen molar-refractivity contribution in [1.29, 1.82) is 0 Å². The summed E-state index contributed by atoms with van der Waals surface area (Å²) in [5.41, 5.74) is 8.35. The molecule has 0 aliphatic rings. The van der Waals surface area contributed by atoms with Gasteiger partial charge in [0, 0.05) is 42.5 Å². The molecule has 7 heteroatoms. The minimum atomic E-state index is -0.541. The van der Waals surface area contributed by atoms with Crippen molar-refractivity contribution >= 4 is 22.8 Å². The lowest BCUT2D eigenvalue weighted by Crippen LogP contribution is -2.31. The lowest BCUT2D eigenvalue weighted by atomic mass is 9.90. The molecule has 1 unspecified atom stereocenters. The van der Waals surface area contributed by atoms with E-state index in [9.17, 15) is 9.59 Å². The summed E-state index contributed by atoms with van der Waals surface area (Å²) in [6, 6.07) is 15.5. The van der Waals surface area contributed by atoms with E-state index in [0.717, 1.165) is 27.8 Å². The van der Waals surface area contributed by atoms with Gasteiger partial charge in [0.1, 0.15) is 5.75 Å². The molecule has 1 aromatic heterocycles. The zero-order valence-electron chi connectivity index (χ0n) is 17.1. The van der Waals surface area contributed by atoms with Crippen LogP contribution in [-0.2, 0) is 4.79 Å². The fourth-order valence-corrected chi connectivity index (χ4v) is 3.55. The van der Waals surface area contributed by atoms with Crippen molar-refractivity contribution in [2.24, 2.45) is 5.73 Å². The Balaban J connectivity index is 1.69. The number of rotatable bonds is 10. The predicted molar refractivity (Wildman–Crippen MR) is 118 cm³/mol. The Hall–Kier alpha value is -3.48. The number of ether oxygens (including phenoxy) is 1. The summed E-state index contributed by atoms with van der Waals surface area (Å²) < 4.78 is 5.28. The number of methoxy groups -OCH3 is 1. The molecule has 0 bridgehead atoms. The number of urea groups is 1. The second-order valence-electron chi connectivity index (χ2n) is 7.17. The number of nitrogens with two attached hydrogens (primary N) is 1. The fourth-order valence-electron chi connectivity index (χ4n) is 3.55. The number of primary amides is 1. The van der Waals surface area contributed by atoms with Crippen LogP contribution in [0.25, 0.3) is 10.9 Å². The number of benzene rings is 2. The van der Waals surface area contributed by atoms with Gasteiger partial charge in [0.05, 0.1) is 7.11 Å². The average Bonchev–Trinajstić information content (AvgIpc) is 3.18. The normalized spacial score (nSPS) is 11.8. The van der Waals surface area contributed by atoms with Crippen LogP contribution in [0.2, 0.25) is 0 Å². The number of fused-ring (bicyclic) bond motifs is 1. The van der Waals surface area contributed by atoms with Crippen LogP contribution in [0.5, 0.6) is 5.75 Å². The summed E-state index contributed by atoms with van der Waals surface area (Å²) in [6.45, 7) is 0.971. The lowest BCUT2D eigenvalue weighted by Gasteiger charge is -2.19. The highest BCUT2D eigenvalue weighted by Gasteiger charge is 2.19. The van der Waals surface area contributed by atoms with Gasteiger partial charge in [-0.25, -0.2) is 4.79 Å². The maximum atomic E-state index is 12.4. The zero-order valence-corrected chi connectivity index (χ0v) is 17.1. The summed E-state index contributed by atoms with van der Waals surface area (Å²) in [5, 5.41) is 6.74. The van der Waals surface area contributed by atoms with Gasteiger partial charge < -0.3 is 26.1 Å². The SMILES string of the molecule is COc1ccc(C(CNC(=O)CCCCNC(N)=O)c2c[nH]c3ccccc23)cc1. The third-order valence-corrected chi connectivity index (χ3v) is 5.15. The first-order chi connectivity index (χ1) is 14.6. The number of hydrogen-bond acceptors (Lipinski definition) is 3. The number of H-pyrrole nitrogens is 1. The highest BCUT2D eigenvalue weighted by molar-refractivity contribution is 5.84. The molecule has 0 fully saturated rings. The Morgan fingerprint density at radius 1 is 1.07 bits per heavy atom. The summed E-state index contributed by atoms with van der Waals surface area (Å²) in [5.74, 6) is 0.796. The van der Waals surface area contributed by atoms with Gasteiger partial charge in [-0.1, -0.05) is 30.3 Å². The number of unbranched alkanes of at least 4 members (excludes halogenated alkanes) is 1. The van der Waals surface area contributed by atoms with Crippen LogP contribution in [0, 0.1) is 0 Å². The van der Waals surface area contributed by atoms with Gasteiger partial charge in [-0.15, -0.1) is 0 Å². The maximum Gasteiger partial charge on any atom is 0.312 e. The Labute approximate surface area is 176 Å². The largest absolute Gasteiger partial charge is 0.497 e. The molecule has 3 aromatic rings. The molecule has 158 valence electrons. The number of hydrogen-bond donors (Lipinski definition) is 4. The van der Waals surface area contributed by atoms with Gasteiger partial charge in [-0.2, -0.15) is 0 Å². The number of para-hydroxylation sites is 1. The van der Waals surface area contributed by atoms with Gasteiger partial charge in [0.15, 0.2) is 0 Å². The van der Waals surface area contributed by atoms with E-state index in [1.165, 1.54) is 0 Å². The number of aromatic nitrogens is 1. The first kappa shape index (κ1) is 21.2. The van der Waals surface area contributed by atoms with Crippen LogP contribution in [0.1, 0.15) is 36.3 Å². The van der Waals surface area contributed by atoms with Crippen molar-refractivity contribution in [1.82, 2.24) is 15.6 Å². The van der Waals surface area contributed by atoms with Gasteiger partial charge in [0.25, 0.3) is 0 Å². The van der Waals surface area contributed by atoms with E-state index in [-0.39, 0.29) is 11.8 Å². The number of aromatic amines is 1. The van der Waals surface area contributed by atoms with Crippen LogP contribution in [0.15, 0.2) is 54.7 Å². The molecule has 2 aromatic carbocycles. The molecule has 5 N–H and O–H groups in total. The molecule has 1 heterocycles. The molecule has 3 rings (SSSR count). The predicted octanol–water partition coefficient (Wildman–Crippen LogP) is 3.26. The minimum Gasteiger partial charge on any atom is -0.497 e. The van der Waals surface area contributed by atoms with Crippen LogP contribution < -0.4 is 21.1 Å². The number of nitrogens with one attached hydrogen (secondary N) is 3. The van der Waals surface area contributed by atoms with Crippen LogP contribution in [-0.4, -0.2) is 37.1 Å². The summed E-state index contributed by atoms with van der Waals surface area (Å²) in [4.78, 5) is 26.4. The van der Waals surface area contributed by atoms with Crippen LogP contribution in [0.4, 0.5) is 4.79 Å². The standard InChI is InChI=1S/C23H28N4O3/c1-30-17-11-9-16(10-12-17)19(20-15-26-21-7-3-2-6-18(20)21)14-27-22(28)8-4-5-13-25-23(24)29/h2-3,6-7,9-12,15,19,26H,4-5,8,13-14H2,1H3,(H,27,28)(H3,24,25,29). The maximum absolute atomic E-state index is 12.4. The van der Waals surface area contributed by atoms with Gasteiger partial charge in [-0.3, -0.25) is 4.79 Å². The van der Waals surface area contributed by atoms with Gasteiger partial charge in [-0.05, 0) is 42.2 Å². The first-order valence-corrected chi connectivity index (χ1v) is 10.1. The Bertz CT molecular complexity index is 982. The van der Waals surface area contributed by atoms with E-state index in [0.29, 0.717) is 32.4 Å². The number of amides is 3. The highest BCUT2D eigenvalue weighted by Crippen LogP contribution is 2.31. The summed E-state index contributed by atoms with van der Waals surface area (Å²) in [7, 11) is 1.64. The van der Waals surface area contributed by atoms with Crippen LogP contribution >= 0.6 is 0 Å². The molecule has 30 heavy (non-hydrogen) atoms. The van der Waals surface area contributed by atoms with E-state index in [1.807, 2.05) is 48.7 Å². The lowest BCUT2D eigenvalue weighted by molar-refractivity contribution is -0.121. The Kier molecular flexibility index (Phi) is 7.32. The van der Waals surface area contributed by atoms with E-state index >= 15 is 0 Å². The summed E-state index contributed by atoms with van der Waals surface area (Å²) in [6.07, 6.45) is 3.82. The van der Waals surface area contributed by atoms with E-state index in [1.54, 1.807) is 7.11 Å². The Morgan fingerprint density at radius 2 is 1.83 bits per heavy atom. The van der Waals surface area contributed by atoms with Crippen molar-refractivity contribution in [3.63, 3.8) is 0 Å². The number of carbonyl (C=O) groups excluding carboxylic acids is 2. The van der Waals surface area contributed by atoms with Crippen LogP contribution in [0.3, 0.4) is 0 Å². The molecule has 0 saturated heterocycles. The second-order valence-corrected chi connectivity index (χ2v) is 7.17. The smallest absolute Gasteiger partial charge is 0.312 e. The molecule has 0 aliphatic heterocycles. The molecule has 0 saturated carbocycles. The molecule has 1 atom stereocenters. The second kappa shape index (κ2) is 10.3. The quantitative estimate of drug-likeness (QED) is 0.387. The van der Waals surface area contributed by atoms with Crippen molar-refractivity contribution in [3.8, 4) is 5.75 Å². The first-order valence-electron chi connectivity index (χ1n) is 10.1. The van der Waals surface area contributed by atoms with Gasteiger partial charge >= 0.3 is 6.03 Å². The summed E-state index contributed by atoms with van der Waals surface area (Å²) >= 11 is 0. The Morgan fingerprint density at radius 3 is 2.57 bits per heavy atom. The minimum absolute atomic E-state index is 0.00698. The topological polar surface area (TPSA) is 109 Å². The van der Waals surface area contributed by atoms with E-state index in [4.69, 9.17) is 10.5 Å². The highest BCUT2D eigenvalue weighted by atomic mass is 16.5. The van der Waals surface area contributed by atoms with Crippen molar-refractivity contribution in [2.75, 3.05) is 20.2 Å². The monoisotopic (exact) mass is 408 g/mol. The van der Waals surface area contributed by atoms with Crippen molar-refractivity contribution in [2.45, 2.75) is 25.2 Å². The zero-order chi connectivity index (χ0) is 21.3. The third kappa shape index (κ3) is 5.53. The van der Waals surface area contributed by atoms with Crippen molar-refractivity contribution in [3.05, 3.63) is 65.9 Å². The molecule has 0 radical (unpaired) electrons. The molecule has 3 amide bonds. The van der Waals surface area contributed by atoms with E-state index < -0.39 is 6.03 Å². The molecule has 7 nitrogen and oxygen atoms in total. The third-order valence-electron chi connectivity index (χ3n) is 5.15. The molecule has 0 spiro atoms. The van der Waals surface area contributed by atoms with E-state index in [2.05, 4.69) is 21.7 Å². The average molecular weight is 409 g/mol. The molecular weight excluding hydrogens is 380 g/mol. The number of carbonyl (C=O) groups is 2. The molecular formula is C23H28N4O3.